The van der Waals surface area contributed by atoms with Crippen molar-refractivity contribution < 1.29 is 9.72 Å². The summed E-state index contributed by atoms with van der Waals surface area (Å²) in [7, 11) is 0. The van der Waals surface area contributed by atoms with Crippen LogP contribution in [0.4, 0.5) is 11.5 Å². The Morgan fingerprint density at radius 3 is 2.62 bits per heavy atom. The summed E-state index contributed by atoms with van der Waals surface area (Å²) < 4.78 is 0. The van der Waals surface area contributed by atoms with E-state index in [-0.39, 0.29) is 23.7 Å². The molecular weight excluding hydrogens is 276 g/mol. The van der Waals surface area contributed by atoms with Crippen LogP contribution in [-0.4, -0.2) is 20.8 Å². The van der Waals surface area contributed by atoms with Crippen molar-refractivity contribution in [3.05, 3.63) is 58.0 Å². The summed E-state index contributed by atoms with van der Waals surface area (Å²) in [6.07, 6.45) is 2.69. The van der Waals surface area contributed by atoms with Crippen LogP contribution in [0.3, 0.4) is 0 Å². The van der Waals surface area contributed by atoms with Gasteiger partial charge in [-0.05, 0) is 5.56 Å². The Kier molecular flexibility index (Phi) is 4.36. The maximum Gasteiger partial charge on any atom is 0.271 e. The predicted octanol–water partition coefficient (Wildman–Crippen LogP) is 0.600. The van der Waals surface area contributed by atoms with Crippen LogP contribution in [0, 0.1) is 10.1 Å². The Labute approximate surface area is 119 Å². The van der Waals surface area contributed by atoms with Crippen LogP contribution in [0.5, 0.6) is 0 Å². The van der Waals surface area contributed by atoms with Crippen molar-refractivity contribution in [3.63, 3.8) is 0 Å². The summed E-state index contributed by atoms with van der Waals surface area (Å²) in [5.41, 5.74) is 3.14. The summed E-state index contributed by atoms with van der Waals surface area (Å²) in [5.74, 6) is 5.04. The fraction of sp³-hybridized carbons (Fsp3) is 0.0833. The number of amides is 1. The minimum atomic E-state index is -0.483. The standard InChI is InChI=1S/C12H12N6O3/c13-17-11-7-14-6-10(16-11)12(19)15-5-8-1-3-9(4-2-8)18(20)21/h1-4,6-7H,5,13H2,(H,15,19)(H,16,17). The average Bonchev–Trinajstić information content (AvgIpc) is 2.53. The molecular formula is C12H12N6O3. The summed E-state index contributed by atoms with van der Waals surface area (Å²) in [6, 6.07) is 5.89. The maximum atomic E-state index is 11.9. The second kappa shape index (κ2) is 6.39. The number of non-ortho nitro benzene ring substituents is 1. The number of nitro benzene ring substituents is 1. The molecule has 0 fully saturated rings. The molecule has 0 aliphatic heterocycles. The van der Waals surface area contributed by atoms with Crippen LogP contribution in [0.15, 0.2) is 36.7 Å². The highest BCUT2D eigenvalue weighted by Gasteiger charge is 2.09. The highest BCUT2D eigenvalue weighted by molar-refractivity contribution is 5.92. The predicted molar refractivity (Wildman–Crippen MR) is 74.1 cm³/mol. The summed E-state index contributed by atoms with van der Waals surface area (Å²) >= 11 is 0. The molecule has 0 spiro atoms. The van der Waals surface area contributed by atoms with Gasteiger partial charge >= 0.3 is 0 Å². The molecule has 21 heavy (non-hydrogen) atoms. The first kappa shape index (κ1) is 14.3. The van der Waals surface area contributed by atoms with E-state index in [0.717, 1.165) is 5.56 Å². The lowest BCUT2D eigenvalue weighted by atomic mass is 10.2. The first-order valence-corrected chi connectivity index (χ1v) is 5.90. The third-order valence-corrected chi connectivity index (χ3v) is 2.62. The van der Waals surface area contributed by atoms with Gasteiger partial charge in [-0.3, -0.25) is 19.9 Å². The number of nitrogens with zero attached hydrogens (tertiary/aromatic N) is 3. The third kappa shape index (κ3) is 3.70. The molecule has 0 unspecified atom stereocenters. The molecule has 0 atom stereocenters. The van der Waals surface area contributed by atoms with Crippen molar-refractivity contribution in [2.45, 2.75) is 6.54 Å². The minimum Gasteiger partial charge on any atom is -0.347 e. The average molecular weight is 288 g/mol. The molecule has 1 aromatic heterocycles. The van der Waals surface area contributed by atoms with E-state index >= 15 is 0 Å². The minimum absolute atomic E-state index is 0.00216. The SMILES string of the molecule is NNc1cncc(C(=O)NCc2ccc([N+](=O)[O-])cc2)n1. The molecule has 1 amide bonds. The van der Waals surface area contributed by atoms with Gasteiger partial charge in [0.1, 0.15) is 5.69 Å². The van der Waals surface area contributed by atoms with Crippen LogP contribution in [-0.2, 0) is 6.54 Å². The van der Waals surface area contributed by atoms with Gasteiger partial charge in [-0.15, -0.1) is 0 Å². The maximum absolute atomic E-state index is 11.9. The highest BCUT2D eigenvalue weighted by Crippen LogP contribution is 2.11. The van der Waals surface area contributed by atoms with Crippen LogP contribution < -0.4 is 16.6 Å². The Morgan fingerprint density at radius 1 is 1.29 bits per heavy atom. The van der Waals surface area contributed by atoms with Crippen molar-refractivity contribution in [1.29, 1.82) is 0 Å². The van der Waals surface area contributed by atoms with E-state index in [2.05, 4.69) is 20.7 Å². The fourth-order valence-corrected chi connectivity index (χ4v) is 1.55. The van der Waals surface area contributed by atoms with Gasteiger partial charge in [0, 0.05) is 18.7 Å². The van der Waals surface area contributed by atoms with Gasteiger partial charge in [0.2, 0.25) is 0 Å². The third-order valence-electron chi connectivity index (χ3n) is 2.62. The topological polar surface area (TPSA) is 136 Å². The van der Waals surface area contributed by atoms with Gasteiger partial charge in [-0.2, -0.15) is 0 Å². The molecule has 0 aliphatic carbocycles. The number of carbonyl (C=O) groups excluding carboxylic acids is 1. The number of rotatable bonds is 5. The van der Waals surface area contributed by atoms with E-state index in [1.165, 1.54) is 24.5 Å². The Morgan fingerprint density at radius 2 is 2.00 bits per heavy atom. The number of hydrogen-bond donors (Lipinski definition) is 3. The van der Waals surface area contributed by atoms with Gasteiger partial charge < -0.3 is 10.7 Å². The van der Waals surface area contributed by atoms with Gasteiger partial charge in [-0.25, -0.2) is 10.8 Å². The number of nitro groups is 1. The lowest BCUT2D eigenvalue weighted by Gasteiger charge is -2.05. The molecule has 9 nitrogen and oxygen atoms in total. The first-order valence-electron chi connectivity index (χ1n) is 5.90. The van der Waals surface area contributed by atoms with Crippen LogP contribution in [0.1, 0.15) is 16.1 Å². The lowest BCUT2D eigenvalue weighted by molar-refractivity contribution is -0.384. The number of nitrogens with two attached hydrogens (primary N) is 1. The van der Waals surface area contributed by atoms with E-state index in [0.29, 0.717) is 0 Å². The van der Waals surface area contributed by atoms with Gasteiger partial charge in [0.05, 0.1) is 17.3 Å². The molecule has 108 valence electrons. The normalized spacial score (nSPS) is 9.95. The Hall–Kier alpha value is -3.07. The quantitative estimate of drug-likeness (QED) is 0.416. The molecule has 2 aromatic rings. The van der Waals surface area contributed by atoms with E-state index in [1.807, 2.05) is 0 Å². The largest absolute Gasteiger partial charge is 0.347 e. The number of benzene rings is 1. The number of aromatic nitrogens is 2. The van der Waals surface area contributed by atoms with E-state index in [1.54, 1.807) is 12.1 Å². The summed E-state index contributed by atoms with van der Waals surface area (Å²) in [6.45, 7) is 0.221. The zero-order valence-corrected chi connectivity index (χ0v) is 10.8. The van der Waals surface area contributed by atoms with Crippen molar-refractivity contribution in [3.8, 4) is 0 Å². The van der Waals surface area contributed by atoms with Crippen molar-refractivity contribution in [2.24, 2.45) is 5.84 Å². The number of nitrogen functional groups attached to an aromatic ring is 1. The zero-order chi connectivity index (χ0) is 15.2. The number of carbonyl (C=O) groups is 1. The summed E-state index contributed by atoms with van der Waals surface area (Å²) in [5, 5.41) is 13.2. The van der Waals surface area contributed by atoms with Crippen LogP contribution >= 0.6 is 0 Å². The number of nitrogens with one attached hydrogen (secondary N) is 2. The van der Waals surface area contributed by atoms with Crippen LogP contribution in [0.2, 0.25) is 0 Å². The highest BCUT2D eigenvalue weighted by atomic mass is 16.6. The lowest BCUT2D eigenvalue weighted by Crippen LogP contribution is -2.24. The molecule has 1 aromatic carbocycles. The van der Waals surface area contributed by atoms with Gasteiger partial charge in [0.25, 0.3) is 11.6 Å². The molecule has 4 N–H and O–H groups in total. The molecule has 0 saturated heterocycles. The van der Waals surface area contributed by atoms with E-state index < -0.39 is 10.8 Å². The van der Waals surface area contributed by atoms with Gasteiger partial charge in [-0.1, -0.05) is 12.1 Å². The van der Waals surface area contributed by atoms with Crippen molar-refractivity contribution >= 4 is 17.4 Å². The van der Waals surface area contributed by atoms with E-state index in [9.17, 15) is 14.9 Å². The molecule has 9 heteroatoms. The molecule has 1 heterocycles. The Bertz CT molecular complexity index is 658. The summed E-state index contributed by atoms with van der Waals surface area (Å²) in [4.78, 5) is 29.7. The second-order valence-electron chi connectivity index (χ2n) is 4.04. The molecule has 0 radical (unpaired) electrons. The number of hydrazine groups is 1. The van der Waals surface area contributed by atoms with Crippen molar-refractivity contribution in [1.82, 2.24) is 15.3 Å². The molecule has 0 aliphatic rings. The Balaban J connectivity index is 1.98. The van der Waals surface area contributed by atoms with Crippen molar-refractivity contribution in [2.75, 3.05) is 5.43 Å². The fourth-order valence-electron chi connectivity index (χ4n) is 1.55. The molecule has 2 rings (SSSR count). The second-order valence-corrected chi connectivity index (χ2v) is 4.04. The number of hydrogen-bond acceptors (Lipinski definition) is 7. The monoisotopic (exact) mass is 288 g/mol. The first-order chi connectivity index (χ1) is 10.1. The molecule has 0 bridgehead atoms. The smallest absolute Gasteiger partial charge is 0.271 e. The molecule has 0 saturated carbocycles. The van der Waals surface area contributed by atoms with Gasteiger partial charge in [0.15, 0.2) is 5.82 Å². The zero-order valence-electron chi connectivity index (χ0n) is 10.8. The van der Waals surface area contributed by atoms with E-state index in [4.69, 9.17) is 5.84 Å². The van der Waals surface area contributed by atoms with Crippen LogP contribution in [0.25, 0.3) is 0 Å². The number of anilines is 1.